The molecular weight excluding hydrogens is 255 g/mol. The van der Waals surface area contributed by atoms with Crippen molar-refractivity contribution >= 4 is 28.9 Å². The van der Waals surface area contributed by atoms with Crippen molar-refractivity contribution in [3.8, 4) is 0 Å². The van der Waals surface area contributed by atoms with E-state index in [4.69, 9.17) is 28.9 Å². The topological polar surface area (TPSA) is 38.0 Å². The lowest BCUT2D eigenvalue weighted by Gasteiger charge is -2.36. The molecule has 1 spiro atoms. The normalized spacial score (nSPS) is 24.3. The second-order valence-corrected chi connectivity index (χ2v) is 5.98. The minimum Gasteiger partial charge on any atom is -0.383 e. The Hall–Kier alpha value is -0.440. The lowest BCUT2D eigenvalue weighted by atomic mass is 9.77. The zero-order valence-electron chi connectivity index (χ0n) is 9.60. The highest BCUT2D eigenvalue weighted by Crippen LogP contribution is 2.62. The third-order valence-electron chi connectivity index (χ3n) is 4.19. The van der Waals surface area contributed by atoms with Gasteiger partial charge in [-0.3, -0.25) is 0 Å². The van der Waals surface area contributed by atoms with E-state index in [9.17, 15) is 0 Å². The van der Waals surface area contributed by atoms with Crippen LogP contribution in [0.3, 0.4) is 0 Å². The van der Waals surface area contributed by atoms with Gasteiger partial charge in [0.15, 0.2) is 0 Å². The lowest BCUT2D eigenvalue weighted by molar-refractivity contribution is 0.390. The minimum atomic E-state index is 0.390. The third kappa shape index (κ3) is 1.74. The summed E-state index contributed by atoms with van der Waals surface area (Å²) in [6.45, 7) is 1.71. The molecule has 1 aliphatic heterocycles. The number of hydrogen-bond donors (Lipinski definition) is 2. The molecule has 3 N–H and O–H groups in total. The molecule has 0 aromatic heterocycles. The molecule has 1 aromatic carbocycles. The van der Waals surface area contributed by atoms with Crippen molar-refractivity contribution in [3.63, 3.8) is 0 Å². The predicted octanol–water partition coefficient (Wildman–Crippen LogP) is 3.63. The Morgan fingerprint density at radius 2 is 2.00 bits per heavy atom. The molecule has 2 nitrogen and oxygen atoms in total. The standard InChI is InChI=1S/C13H16Cl2N2/c14-9-1-2-10(15)12-11(9)8(3-6-16)13(4-5-13)7-17-12/h1-2,8,17H,3-7,16H2. The zero-order chi connectivity index (χ0) is 12.0. The van der Waals surface area contributed by atoms with Gasteiger partial charge in [-0.15, -0.1) is 0 Å². The molecule has 1 unspecified atom stereocenters. The van der Waals surface area contributed by atoms with Crippen LogP contribution in [0, 0.1) is 5.41 Å². The Bertz CT molecular complexity index is 455. The first-order valence-corrected chi connectivity index (χ1v) is 6.85. The average molecular weight is 271 g/mol. The molecule has 2 aliphatic rings. The van der Waals surface area contributed by atoms with Crippen LogP contribution in [0.25, 0.3) is 0 Å². The maximum Gasteiger partial charge on any atom is 0.0641 e. The largest absolute Gasteiger partial charge is 0.383 e. The maximum atomic E-state index is 6.36. The summed E-state index contributed by atoms with van der Waals surface area (Å²) in [6.07, 6.45) is 3.54. The summed E-state index contributed by atoms with van der Waals surface area (Å²) in [6, 6.07) is 3.76. The first-order valence-electron chi connectivity index (χ1n) is 6.10. The monoisotopic (exact) mass is 270 g/mol. The van der Waals surface area contributed by atoms with E-state index in [-0.39, 0.29) is 0 Å². The predicted molar refractivity (Wildman–Crippen MR) is 73.0 cm³/mol. The Kier molecular flexibility index (Phi) is 2.77. The second kappa shape index (κ2) is 4.04. The maximum absolute atomic E-state index is 6.36. The molecule has 92 valence electrons. The fourth-order valence-electron chi connectivity index (χ4n) is 3.08. The molecule has 17 heavy (non-hydrogen) atoms. The first kappa shape index (κ1) is 11.6. The van der Waals surface area contributed by atoms with E-state index in [1.807, 2.05) is 12.1 Å². The van der Waals surface area contributed by atoms with Gasteiger partial charge in [-0.25, -0.2) is 0 Å². The van der Waals surface area contributed by atoms with E-state index >= 15 is 0 Å². The summed E-state index contributed by atoms with van der Waals surface area (Å²) in [5.41, 5.74) is 8.36. The molecule has 1 atom stereocenters. The lowest BCUT2D eigenvalue weighted by Crippen LogP contribution is -2.31. The Morgan fingerprint density at radius 3 is 2.65 bits per heavy atom. The van der Waals surface area contributed by atoms with Gasteiger partial charge in [0, 0.05) is 11.6 Å². The van der Waals surface area contributed by atoms with E-state index in [1.54, 1.807) is 0 Å². The molecule has 0 bridgehead atoms. The van der Waals surface area contributed by atoms with Crippen LogP contribution in [0.2, 0.25) is 10.0 Å². The van der Waals surface area contributed by atoms with Crippen LogP contribution in [0.4, 0.5) is 5.69 Å². The van der Waals surface area contributed by atoms with Gasteiger partial charge in [0.05, 0.1) is 10.7 Å². The smallest absolute Gasteiger partial charge is 0.0641 e. The van der Waals surface area contributed by atoms with Crippen molar-refractivity contribution in [2.24, 2.45) is 11.1 Å². The van der Waals surface area contributed by atoms with E-state index in [0.29, 0.717) is 17.9 Å². The molecule has 0 radical (unpaired) electrons. The van der Waals surface area contributed by atoms with Gasteiger partial charge in [0.2, 0.25) is 0 Å². The number of rotatable bonds is 2. The second-order valence-electron chi connectivity index (χ2n) is 5.16. The number of nitrogens with two attached hydrogens (primary N) is 1. The summed E-state index contributed by atoms with van der Waals surface area (Å²) >= 11 is 12.6. The van der Waals surface area contributed by atoms with Crippen molar-refractivity contribution in [2.45, 2.75) is 25.2 Å². The van der Waals surface area contributed by atoms with Gasteiger partial charge in [0.25, 0.3) is 0 Å². The molecular formula is C13H16Cl2N2. The molecule has 1 fully saturated rings. The summed E-state index contributed by atoms with van der Waals surface area (Å²) < 4.78 is 0. The first-order chi connectivity index (χ1) is 8.18. The number of halogens is 2. The van der Waals surface area contributed by atoms with E-state index in [1.165, 1.54) is 18.4 Å². The van der Waals surface area contributed by atoms with Gasteiger partial charge in [-0.1, -0.05) is 23.2 Å². The third-order valence-corrected chi connectivity index (χ3v) is 4.84. The van der Waals surface area contributed by atoms with Crippen molar-refractivity contribution in [3.05, 3.63) is 27.7 Å². The average Bonchev–Trinajstić information content (AvgIpc) is 3.08. The molecule has 1 heterocycles. The van der Waals surface area contributed by atoms with Crippen molar-refractivity contribution in [1.82, 2.24) is 0 Å². The molecule has 4 heteroatoms. The molecule has 1 saturated carbocycles. The van der Waals surface area contributed by atoms with Crippen molar-refractivity contribution in [1.29, 1.82) is 0 Å². The van der Waals surface area contributed by atoms with Gasteiger partial charge in [-0.2, -0.15) is 0 Å². The van der Waals surface area contributed by atoms with E-state index in [0.717, 1.165) is 28.7 Å². The van der Waals surface area contributed by atoms with Crippen LogP contribution in [0.1, 0.15) is 30.7 Å². The Labute approximate surface area is 111 Å². The fraction of sp³-hybridized carbons (Fsp3) is 0.538. The summed E-state index contributed by atoms with van der Waals surface area (Å²) in [4.78, 5) is 0. The molecule has 1 aliphatic carbocycles. The summed E-state index contributed by atoms with van der Waals surface area (Å²) in [5, 5.41) is 5.04. The molecule has 3 rings (SSSR count). The number of anilines is 1. The summed E-state index contributed by atoms with van der Waals surface area (Å²) in [7, 11) is 0. The van der Waals surface area contributed by atoms with Crippen LogP contribution in [0.15, 0.2) is 12.1 Å². The van der Waals surface area contributed by atoms with Crippen molar-refractivity contribution < 1.29 is 0 Å². The van der Waals surface area contributed by atoms with Crippen LogP contribution >= 0.6 is 23.2 Å². The molecule has 0 amide bonds. The highest BCUT2D eigenvalue weighted by Gasteiger charge is 2.52. The number of fused-ring (bicyclic) bond motifs is 1. The van der Waals surface area contributed by atoms with Gasteiger partial charge in [-0.05, 0) is 54.8 Å². The molecule has 1 aromatic rings. The SMILES string of the molecule is NCCC1c2c(Cl)ccc(Cl)c2NCC12CC2. The highest BCUT2D eigenvalue weighted by atomic mass is 35.5. The van der Waals surface area contributed by atoms with Crippen LogP contribution < -0.4 is 11.1 Å². The minimum absolute atomic E-state index is 0.390. The zero-order valence-corrected chi connectivity index (χ0v) is 11.1. The van der Waals surface area contributed by atoms with Crippen molar-refractivity contribution in [2.75, 3.05) is 18.4 Å². The van der Waals surface area contributed by atoms with Gasteiger partial charge in [0.1, 0.15) is 0 Å². The Balaban J connectivity index is 2.11. The fourth-order valence-corrected chi connectivity index (χ4v) is 3.61. The Morgan fingerprint density at radius 1 is 1.29 bits per heavy atom. The number of hydrogen-bond acceptors (Lipinski definition) is 2. The number of benzene rings is 1. The van der Waals surface area contributed by atoms with Crippen LogP contribution in [0.5, 0.6) is 0 Å². The van der Waals surface area contributed by atoms with Gasteiger partial charge < -0.3 is 11.1 Å². The van der Waals surface area contributed by atoms with E-state index < -0.39 is 0 Å². The van der Waals surface area contributed by atoms with E-state index in [2.05, 4.69) is 5.32 Å². The molecule has 0 saturated heterocycles. The quantitative estimate of drug-likeness (QED) is 0.862. The number of nitrogens with one attached hydrogen (secondary N) is 1. The van der Waals surface area contributed by atoms with Crippen LogP contribution in [-0.4, -0.2) is 13.1 Å². The highest BCUT2D eigenvalue weighted by molar-refractivity contribution is 6.36. The summed E-state index contributed by atoms with van der Waals surface area (Å²) in [5.74, 6) is 0.468. The van der Waals surface area contributed by atoms with Gasteiger partial charge >= 0.3 is 0 Å². The van der Waals surface area contributed by atoms with Crippen LogP contribution in [-0.2, 0) is 0 Å².